The zero-order valence-corrected chi connectivity index (χ0v) is 8.08. The Morgan fingerprint density at radius 2 is 2.17 bits per heavy atom. The molecule has 0 saturated heterocycles. The summed E-state index contributed by atoms with van der Waals surface area (Å²) >= 11 is 0. The fraction of sp³-hybridized carbons (Fsp3) is 0.571. The Labute approximate surface area is 71.7 Å². The molecule has 0 rings (SSSR count). The minimum atomic E-state index is -2.82. The minimum absolute atomic E-state index is 0.324. The first-order valence-electron chi connectivity index (χ1n) is 3.69. The fourth-order valence-corrected chi connectivity index (χ4v) is 1.91. The Balaban J connectivity index is 4.33. The molecular formula is C7H13O4P. The molecule has 0 heterocycles. The SMILES string of the molecule is CCO[P@@](=O)(/C=C/C(=O)O)CC. The third kappa shape index (κ3) is 4.31. The van der Waals surface area contributed by atoms with Crippen molar-refractivity contribution in [1.82, 2.24) is 0 Å². The number of carboxylic acids is 1. The fourth-order valence-electron chi connectivity index (χ4n) is 0.636. The smallest absolute Gasteiger partial charge is 0.328 e. The van der Waals surface area contributed by atoms with Crippen molar-refractivity contribution in [2.75, 3.05) is 12.8 Å². The van der Waals surface area contributed by atoms with Gasteiger partial charge in [-0.05, 0) is 6.92 Å². The first-order chi connectivity index (χ1) is 5.54. The molecule has 0 unspecified atom stereocenters. The maximum atomic E-state index is 11.5. The lowest BCUT2D eigenvalue weighted by molar-refractivity contribution is -0.131. The lowest BCUT2D eigenvalue weighted by atomic mass is 10.7. The predicted molar refractivity (Wildman–Crippen MR) is 46.5 cm³/mol. The summed E-state index contributed by atoms with van der Waals surface area (Å²) < 4.78 is 16.4. The highest BCUT2D eigenvalue weighted by Crippen LogP contribution is 2.47. The minimum Gasteiger partial charge on any atom is -0.478 e. The van der Waals surface area contributed by atoms with E-state index in [9.17, 15) is 9.36 Å². The zero-order valence-electron chi connectivity index (χ0n) is 7.19. The molecule has 0 bridgehead atoms. The van der Waals surface area contributed by atoms with Gasteiger partial charge in [0.15, 0.2) is 0 Å². The van der Waals surface area contributed by atoms with Crippen LogP contribution in [0.15, 0.2) is 11.9 Å². The summed E-state index contributed by atoms with van der Waals surface area (Å²) in [6, 6.07) is 0. The van der Waals surface area contributed by atoms with E-state index in [0.717, 1.165) is 11.9 Å². The van der Waals surface area contributed by atoms with E-state index in [1.54, 1.807) is 13.8 Å². The lowest BCUT2D eigenvalue weighted by Crippen LogP contribution is -1.92. The van der Waals surface area contributed by atoms with Crippen LogP contribution in [0.5, 0.6) is 0 Å². The molecule has 70 valence electrons. The van der Waals surface area contributed by atoms with Gasteiger partial charge in [0, 0.05) is 18.1 Å². The first kappa shape index (κ1) is 11.4. The molecule has 4 nitrogen and oxygen atoms in total. The van der Waals surface area contributed by atoms with E-state index in [0.29, 0.717) is 12.8 Å². The normalized spacial score (nSPS) is 16.2. The van der Waals surface area contributed by atoms with Crippen LogP contribution in [0.2, 0.25) is 0 Å². The summed E-state index contributed by atoms with van der Waals surface area (Å²) in [5.74, 6) is 0.0297. The molecule has 0 aliphatic rings. The van der Waals surface area contributed by atoms with Gasteiger partial charge in [-0.1, -0.05) is 6.92 Å². The van der Waals surface area contributed by atoms with Gasteiger partial charge in [-0.15, -0.1) is 0 Å². The second-order valence-electron chi connectivity index (χ2n) is 2.11. The van der Waals surface area contributed by atoms with Crippen molar-refractivity contribution in [1.29, 1.82) is 0 Å². The lowest BCUT2D eigenvalue weighted by Gasteiger charge is -2.09. The van der Waals surface area contributed by atoms with Crippen molar-refractivity contribution in [3.8, 4) is 0 Å². The van der Waals surface area contributed by atoms with Crippen LogP contribution < -0.4 is 0 Å². The maximum absolute atomic E-state index is 11.5. The van der Waals surface area contributed by atoms with E-state index in [-0.39, 0.29) is 0 Å². The van der Waals surface area contributed by atoms with E-state index in [1.165, 1.54) is 0 Å². The van der Waals surface area contributed by atoms with Gasteiger partial charge in [0.25, 0.3) is 0 Å². The Morgan fingerprint density at radius 3 is 2.50 bits per heavy atom. The van der Waals surface area contributed by atoms with Gasteiger partial charge < -0.3 is 9.63 Å². The second-order valence-corrected chi connectivity index (χ2v) is 4.76. The first-order valence-corrected chi connectivity index (χ1v) is 5.57. The van der Waals surface area contributed by atoms with E-state index in [2.05, 4.69) is 0 Å². The molecule has 1 atom stereocenters. The van der Waals surface area contributed by atoms with Gasteiger partial charge in [-0.2, -0.15) is 0 Å². The molecular weight excluding hydrogens is 179 g/mol. The molecule has 0 aromatic heterocycles. The van der Waals surface area contributed by atoms with Gasteiger partial charge >= 0.3 is 5.97 Å². The van der Waals surface area contributed by atoms with Crippen LogP contribution in [0.3, 0.4) is 0 Å². The Morgan fingerprint density at radius 1 is 1.58 bits per heavy atom. The third-order valence-electron chi connectivity index (χ3n) is 1.23. The highest BCUT2D eigenvalue weighted by molar-refractivity contribution is 7.62. The van der Waals surface area contributed by atoms with Crippen LogP contribution >= 0.6 is 7.37 Å². The summed E-state index contributed by atoms with van der Waals surface area (Å²) in [4.78, 5) is 10.1. The molecule has 5 heteroatoms. The monoisotopic (exact) mass is 192 g/mol. The molecule has 0 fully saturated rings. The van der Waals surface area contributed by atoms with Gasteiger partial charge in [0.2, 0.25) is 7.37 Å². The predicted octanol–water partition coefficient (Wildman–Crippen LogP) is 1.92. The number of hydrogen-bond acceptors (Lipinski definition) is 3. The molecule has 0 aliphatic carbocycles. The third-order valence-corrected chi connectivity index (χ3v) is 3.41. The molecule has 0 spiro atoms. The molecule has 0 aromatic carbocycles. The van der Waals surface area contributed by atoms with Crippen molar-refractivity contribution in [2.45, 2.75) is 13.8 Å². The van der Waals surface area contributed by atoms with E-state index >= 15 is 0 Å². The molecule has 0 aliphatic heterocycles. The summed E-state index contributed by atoms with van der Waals surface area (Å²) in [5.41, 5.74) is 0. The largest absolute Gasteiger partial charge is 0.478 e. The molecule has 0 radical (unpaired) electrons. The zero-order chi connectivity index (χ0) is 9.61. The highest BCUT2D eigenvalue weighted by atomic mass is 31.2. The molecule has 0 amide bonds. The summed E-state index contributed by atoms with van der Waals surface area (Å²) in [5, 5.41) is 8.28. The number of hydrogen-bond donors (Lipinski definition) is 1. The van der Waals surface area contributed by atoms with Crippen LogP contribution in [0, 0.1) is 0 Å². The molecule has 1 N–H and O–H groups in total. The van der Waals surface area contributed by atoms with Crippen LogP contribution in [-0.2, 0) is 13.9 Å². The average molecular weight is 192 g/mol. The maximum Gasteiger partial charge on any atom is 0.328 e. The van der Waals surface area contributed by atoms with Crippen molar-refractivity contribution >= 4 is 13.3 Å². The summed E-state index contributed by atoms with van der Waals surface area (Å²) in [7, 11) is -2.82. The number of carbonyl (C=O) groups is 1. The van der Waals surface area contributed by atoms with Crippen LogP contribution in [0.25, 0.3) is 0 Å². The van der Waals surface area contributed by atoms with Gasteiger partial charge in [-0.25, -0.2) is 4.79 Å². The van der Waals surface area contributed by atoms with Crippen LogP contribution in [0.1, 0.15) is 13.8 Å². The van der Waals surface area contributed by atoms with E-state index in [4.69, 9.17) is 9.63 Å². The standard InChI is InChI=1S/C7H13O4P/c1-3-11-12(10,4-2)6-5-7(8)9/h5-6H,3-4H2,1-2H3,(H,8,9)/b6-5+/t12-/m1/s1. The Bertz CT molecular complexity index is 221. The Hall–Kier alpha value is -0.600. The van der Waals surface area contributed by atoms with Gasteiger partial charge in [-0.3, -0.25) is 4.57 Å². The van der Waals surface area contributed by atoms with E-state index in [1.807, 2.05) is 0 Å². The second kappa shape index (κ2) is 5.12. The van der Waals surface area contributed by atoms with Crippen LogP contribution in [-0.4, -0.2) is 23.8 Å². The van der Waals surface area contributed by atoms with Gasteiger partial charge in [0.05, 0.1) is 6.61 Å². The number of aliphatic carboxylic acids is 1. The highest BCUT2D eigenvalue weighted by Gasteiger charge is 2.15. The number of rotatable bonds is 5. The van der Waals surface area contributed by atoms with Crippen molar-refractivity contribution in [3.05, 3.63) is 11.9 Å². The topological polar surface area (TPSA) is 63.6 Å². The molecule has 0 saturated carbocycles. The average Bonchev–Trinajstić information content (AvgIpc) is 2.02. The van der Waals surface area contributed by atoms with Crippen molar-refractivity contribution in [2.24, 2.45) is 0 Å². The Kier molecular flexibility index (Phi) is 4.86. The van der Waals surface area contributed by atoms with Crippen molar-refractivity contribution < 1.29 is 19.0 Å². The molecule has 12 heavy (non-hydrogen) atoms. The van der Waals surface area contributed by atoms with Gasteiger partial charge in [0.1, 0.15) is 0 Å². The van der Waals surface area contributed by atoms with Crippen molar-refractivity contribution in [3.63, 3.8) is 0 Å². The van der Waals surface area contributed by atoms with E-state index < -0.39 is 13.3 Å². The molecule has 0 aromatic rings. The van der Waals surface area contributed by atoms with Crippen LogP contribution in [0.4, 0.5) is 0 Å². The quantitative estimate of drug-likeness (QED) is 0.533. The summed E-state index contributed by atoms with van der Waals surface area (Å²) in [6.07, 6.45) is 1.19. The number of carboxylic acid groups (broad SMARTS) is 1. The summed E-state index contributed by atoms with van der Waals surface area (Å²) in [6.45, 7) is 3.74.